The molecule has 0 unspecified atom stereocenters. The summed E-state index contributed by atoms with van der Waals surface area (Å²) in [6.45, 7) is 2.12. The van der Waals surface area contributed by atoms with E-state index in [1.54, 1.807) is 6.92 Å². The van der Waals surface area contributed by atoms with E-state index in [2.05, 4.69) is 5.32 Å². The molecule has 1 heterocycles. The second-order valence-electron chi connectivity index (χ2n) is 5.95. The van der Waals surface area contributed by atoms with E-state index in [4.69, 9.17) is 16.3 Å². The molecule has 1 aromatic carbocycles. The minimum absolute atomic E-state index is 0.102. The Morgan fingerprint density at radius 2 is 2.04 bits per heavy atom. The minimum atomic E-state index is -0.337. The van der Waals surface area contributed by atoms with Crippen molar-refractivity contribution in [1.82, 2.24) is 0 Å². The summed E-state index contributed by atoms with van der Waals surface area (Å²) in [5, 5.41) is 4.24. The highest BCUT2D eigenvalue weighted by Crippen LogP contribution is 2.39. The highest BCUT2D eigenvalue weighted by molar-refractivity contribution is 7.99. The van der Waals surface area contributed by atoms with E-state index in [-0.39, 0.29) is 11.9 Å². The Morgan fingerprint density at radius 1 is 1.27 bits per heavy atom. The first-order valence-corrected chi connectivity index (χ1v) is 10.9. The first-order valence-electron chi connectivity index (χ1n) is 8.52. The van der Waals surface area contributed by atoms with Crippen molar-refractivity contribution in [3.63, 3.8) is 0 Å². The van der Waals surface area contributed by atoms with Gasteiger partial charge in [0.05, 0.1) is 17.9 Å². The molecule has 138 valence electrons. The van der Waals surface area contributed by atoms with Gasteiger partial charge in [-0.25, -0.2) is 4.79 Å². The maximum Gasteiger partial charge on any atom is 0.341 e. The van der Waals surface area contributed by atoms with Crippen LogP contribution in [0, 0.1) is 0 Å². The normalized spacial score (nSPS) is 12.7. The molecule has 1 N–H and O–H groups in total. The molecule has 4 nitrogen and oxygen atoms in total. The molecule has 0 radical (unpaired) electrons. The Labute approximate surface area is 166 Å². The fourth-order valence-corrected chi connectivity index (χ4v) is 5.12. The Morgan fingerprint density at radius 3 is 2.77 bits per heavy atom. The average Bonchev–Trinajstić information content (AvgIpc) is 3.17. The largest absolute Gasteiger partial charge is 0.462 e. The first-order chi connectivity index (χ1) is 12.6. The zero-order chi connectivity index (χ0) is 18.5. The third kappa shape index (κ3) is 4.61. The number of carbonyl (C=O) groups excluding carboxylic acids is 2. The molecule has 3 rings (SSSR count). The van der Waals surface area contributed by atoms with Gasteiger partial charge in [-0.05, 0) is 49.4 Å². The van der Waals surface area contributed by atoms with Gasteiger partial charge in [0.25, 0.3) is 0 Å². The molecular weight excluding hydrogens is 390 g/mol. The number of hydrogen-bond acceptors (Lipinski definition) is 5. The van der Waals surface area contributed by atoms with E-state index in [1.807, 2.05) is 24.3 Å². The Balaban J connectivity index is 1.60. The van der Waals surface area contributed by atoms with Crippen molar-refractivity contribution in [3.8, 4) is 0 Å². The molecule has 2 aromatic rings. The van der Waals surface area contributed by atoms with E-state index in [0.29, 0.717) is 27.9 Å². The lowest BCUT2D eigenvalue weighted by atomic mass is 10.1. The summed E-state index contributed by atoms with van der Waals surface area (Å²) in [5.74, 6) is 0.620. The zero-order valence-electron chi connectivity index (χ0n) is 14.5. The second kappa shape index (κ2) is 8.93. The number of thiophene rings is 1. The van der Waals surface area contributed by atoms with E-state index in [0.717, 1.165) is 36.1 Å². The summed E-state index contributed by atoms with van der Waals surface area (Å²) in [6, 6.07) is 7.60. The number of fused-ring (bicyclic) bond motifs is 1. The van der Waals surface area contributed by atoms with Crippen molar-refractivity contribution < 1.29 is 14.3 Å². The number of ether oxygens (including phenoxy) is 1. The SMILES string of the molecule is CCOC(=O)c1c(NC(=O)CSCc2ccc(Cl)cc2)sc2c1CCC2. The van der Waals surface area contributed by atoms with Crippen LogP contribution in [-0.4, -0.2) is 24.2 Å². The molecule has 26 heavy (non-hydrogen) atoms. The smallest absolute Gasteiger partial charge is 0.341 e. The van der Waals surface area contributed by atoms with Gasteiger partial charge in [-0.15, -0.1) is 23.1 Å². The van der Waals surface area contributed by atoms with Crippen LogP contribution in [0.1, 0.15) is 39.7 Å². The van der Waals surface area contributed by atoms with Crippen LogP contribution in [0.25, 0.3) is 0 Å². The molecule has 0 fully saturated rings. The Hall–Kier alpha value is -1.50. The maximum absolute atomic E-state index is 12.3. The third-order valence-corrected chi connectivity index (χ3v) is 6.53. The van der Waals surface area contributed by atoms with Gasteiger partial charge in [0, 0.05) is 15.7 Å². The van der Waals surface area contributed by atoms with Crippen LogP contribution in [-0.2, 0) is 28.1 Å². The van der Waals surface area contributed by atoms with Crippen molar-refractivity contribution in [3.05, 3.63) is 50.9 Å². The standard InChI is InChI=1S/C19H20ClNO3S2/c1-2-24-19(23)17-14-4-3-5-15(14)26-18(17)21-16(22)11-25-10-12-6-8-13(20)9-7-12/h6-9H,2-5,10-11H2,1H3,(H,21,22). The van der Waals surface area contributed by atoms with Crippen LogP contribution in [0.3, 0.4) is 0 Å². The monoisotopic (exact) mass is 409 g/mol. The lowest BCUT2D eigenvalue weighted by Crippen LogP contribution is -2.16. The number of esters is 1. The highest BCUT2D eigenvalue weighted by atomic mass is 35.5. The lowest BCUT2D eigenvalue weighted by Gasteiger charge is -2.08. The number of aryl methyl sites for hydroxylation is 1. The summed E-state index contributed by atoms with van der Waals surface area (Å²) < 4.78 is 5.18. The molecule has 1 amide bonds. The molecule has 0 aliphatic heterocycles. The number of anilines is 1. The number of thioether (sulfide) groups is 1. The molecule has 0 atom stereocenters. The van der Waals surface area contributed by atoms with Crippen LogP contribution in [0.4, 0.5) is 5.00 Å². The summed E-state index contributed by atoms with van der Waals surface area (Å²) >= 11 is 8.91. The van der Waals surface area contributed by atoms with Crippen LogP contribution < -0.4 is 5.32 Å². The quantitative estimate of drug-likeness (QED) is 0.658. The average molecular weight is 410 g/mol. The van der Waals surface area contributed by atoms with Crippen molar-refractivity contribution >= 4 is 51.6 Å². The number of amides is 1. The lowest BCUT2D eigenvalue weighted by molar-refractivity contribution is -0.113. The van der Waals surface area contributed by atoms with Gasteiger partial charge in [-0.2, -0.15) is 0 Å². The molecule has 0 bridgehead atoms. The fourth-order valence-electron chi connectivity index (χ4n) is 2.92. The minimum Gasteiger partial charge on any atom is -0.462 e. The predicted octanol–water partition coefficient (Wildman–Crippen LogP) is 4.94. The van der Waals surface area contributed by atoms with Crippen molar-refractivity contribution in [2.24, 2.45) is 0 Å². The molecular formula is C19H20ClNO3S2. The highest BCUT2D eigenvalue weighted by Gasteiger charge is 2.28. The third-order valence-electron chi connectivity index (χ3n) is 4.07. The van der Waals surface area contributed by atoms with E-state index in [1.165, 1.54) is 28.0 Å². The van der Waals surface area contributed by atoms with Crippen LogP contribution >= 0.6 is 34.7 Å². The van der Waals surface area contributed by atoms with Crippen LogP contribution in [0.5, 0.6) is 0 Å². The number of benzene rings is 1. The maximum atomic E-state index is 12.3. The topological polar surface area (TPSA) is 55.4 Å². The Bertz CT molecular complexity index is 802. The van der Waals surface area contributed by atoms with Gasteiger partial charge < -0.3 is 10.1 Å². The van der Waals surface area contributed by atoms with Crippen LogP contribution in [0.15, 0.2) is 24.3 Å². The molecule has 0 saturated carbocycles. The van der Waals surface area contributed by atoms with Gasteiger partial charge in [0.15, 0.2) is 0 Å². The number of nitrogens with one attached hydrogen (secondary N) is 1. The molecule has 7 heteroatoms. The van der Waals surface area contributed by atoms with E-state index < -0.39 is 0 Å². The molecule has 1 aromatic heterocycles. The van der Waals surface area contributed by atoms with Crippen LogP contribution in [0.2, 0.25) is 5.02 Å². The first kappa shape index (κ1) is 19.3. The molecule has 0 spiro atoms. The predicted molar refractivity (Wildman–Crippen MR) is 109 cm³/mol. The number of rotatable bonds is 7. The number of hydrogen-bond donors (Lipinski definition) is 1. The van der Waals surface area contributed by atoms with Gasteiger partial charge in [-0.1, -0.05) is 23.7 Å². The number of carbonyl (C=O) groups is 2. The van der Waals surface area contributed by atoms with Crippen molar-refractivity contribution in [2.45, 2.75) is 31.9 Å². The molecule has 1 aliphatic rings. The fraction of sp³-hybridized carbons (Fsp3) is 0.368. The molecule has 1 aliphatic carbocycles. The van der Waals surface area contributed by atoms with Gasteiger partial charge in [-0.3, -0.25) is 4.79 Å². The summed E-state index contributed by atoms with van der Waals surface area (Å²) in [6.07, 6.45) is 2.90. The van der Waals surface area contributed by atoms with Gasteiger partial charge >= 0.3 is 5.97 Å². The number of halogens is 1. The summed E-state index contributed by atoms with van der Waals surface area (Å²) in [4.78, 5) is 25.8. The zero-order valence-corrected chi connectivity index (χ0v) is 16.9. The van der Waals surface area contributed by atoms with Gasteiger partial charge in [0.2, 0.25) is 5.91 Å². The summed E-state index contributed by atoms with van der Waals surface area (Å²) in [5.41, 5.74) is 2.73. The van der Waals surface area contributed by atoms with E-state index >= 15 is 0 Å². The van der Waals surface area contributed by atoms with Gasteiger partial charge in [0.1, 0.15) is 5.00 Å². The molecule has 0 saturated heterocycles. The Kier molecular flexibility index (Phi) is 6.62. The summed E-state index contributed by atoms with van der Waals surface area (Å²) in [7, 11) is 0. The van der Waals surface area contributed by atoms with Crippen molar-refractivity contribution in [1.29, 1.82) is 0 Å². The second-order valence-corrected chi connectivity index (χ2v) is 8.48. The van der Waals surface area contributed by atoms with E-state index in [9.17, 15) is 9.59 Å². The van der Waals surface area contributed by atoms with Crippen molar-refractivity contribution in [2.75, 3.05) is 17.7 Å².